The Morgan fingerprint density at radius 1 is 0.950 bits per heavy atom. The van der Waals surface area contributed by atoms with Gasteiger partial charge >= 0.3 is 0 Å². The summed E-state index contributed by atoms with van der Waals surface area (Å²) in [5.74, 6) is -0.243. The number of hydrogen-bond acceptors (Lipinski definition) is 5. The topological polar surface area (TPSA) is 96.0 Å². The van der Waals surface area contributed by atoms with Crippen LogP contribution in [0.5, 0.6) is 5.75 Å². The zero-order valence-corrected chi connectivity index (χ0v) is 24.6. The van der Waals surface area contributed by atoms with E-state index in [1.165, 1.54) is 24.1 Å². The largest absolute Gasteiger partial charge is 0.497 e. The van der Waals surface area contributed by atoms with Crippen molar-refractivity contribution in [1.82, 2.24) is 10.2 Å². The number of nitrogens with one attached hydrogen (secondary N) is 1. The summed E-state index contributed by atoms with van der Waals surface area (Å²) in [6.07, 6.45) is 1.64. The Morgan fingerprint density at radius 2 is 1.60 bits per heavy atom. The van der Waals surface area contributed by atoms with Crippen LogP contribution >= 0.6 is 11.6 Å². The number of rotatable bonds is 14. The molecule has 3 aromatic carbocycles. The molecule has 0 aromatic heterocycles. The molecule has 2 amide bonds. The van der Waals surface area contributed by atoms with Crippen molar-refractivity contribution in [2.75, 3.05) is 31.0 Å². The zero-order chi connectivity index (χ0) is 29.1. The van der Waals surface area contributed by atoms with Crippen LogP contribution in [0.4, 0.5) is 5.69 Å². The zero-order valence-electron chi connectivity index (χ0n) is 23.0. The Morgan fingerprint density at radius 3 is 2.17 bits per heavy atom. The van der Waals surface area contributed by atoms with E-state index in [4.69, 9.17) is 16.3 Å². The fourth-order valence-corrected chi connectivity index (χ4v) is 5.81. The number of methoxy groups -OCH3 is 1. The minimum Gasteiger partial charge on any atom is -0.497 e. The molecular weight excluding hydrogens is 550 g/mol. The van der Waals surface area contributed by atoms with Crippen LogP contribution in [-0.2, 0) is 26.0 Å². The molecule has 0 aliphatic heterocycles. The molecular formula is C30H36ClN3O5S. The maximum atomic E-state index is 14.0. The number of halogens is 1. The SMILES string of the molecule is CCCNC(=O)[C@H](CC)N(CCc1ccccc1)C(=O)CN(c1ccc(Cl)cc1)S(=O)(=O)c1ccc(OC)cc1. The molecule has 0 aliphatic carbocycles. The van der Waals surface area contributed by atoms with Gasteiger partial charge < -0.3 is 15.0 Å². The Labute approximate surface area is 241 Å². The molecule has 1 atom stereocenters. The number of ether oxygens (including phenoxy) is 1. The molecule has 0 radical (unpaired) electrons. The van der Waals surface area contributed by atoms with Gasteiger partial charge in [-0.2, -0.15) is 0 Å². The van der Waals surface area contributed by atoms with Gasteiger partial charge in [0.25, 0.3) is 10.0 Å². The van der Waals surface area contributed by atoms with Crippen LogP contribution in [0.25, 0.3) is 0 Å². The van der Waals surface area contributed by atoms with E-state index in [1.54, 1.807) is 36.4 Å². The van der Waals surface area contributed by atoms with Crippen LogP contribution < -0.4 is 14.4 Å². The van der Waals surface area contributed by atoms with Gasteiger partial charge in [0.2, 0.25) is 11.8 Å². The third kappa shape index (κ3) is 7.99. The first-order valence-electron chi connectivity index (χ1n) is 13.2. The Kier molecular flexibility index (Phi) is 11.4. The third-order valence-corrected chi connectivity index (χ3v) is 8.50. The highest BCUT2D eigenvalue weighted by Crippen LogP contribution is 2.27. The number of sulfonamides is 1. The highest BCUT2D eigenvalue weighted by Gasteiger charge is 2.33. The van der Waals surface area contributed by atoms with Crippen molar-refractivity contribution >= 4 is 39.1 Å². The second-order valence-electron chi connectivity index (χ2n) is 9.20. The second kappa shape index (κ2) is 14.7. The van der Waals surface area contributed by atoms with Gasteiger partial charge in [0.15, 0.2) is 0 Å². The van der Waals surface area contributed by atoms with E-state index in [0.717, 1.165) is 16.3 Å². The van der Waals surface area contributed by atoms with Gasteiger partial charge in [-0.15, -0.1) is 0 Å². The standard InChI is InChI=1S/C30H36ClN3O5S/c1-4-20-32-30(36)28(5-2)33(21-19-23-9-7-6-8-10-23)29(35)22-34(25-13-11-24(31)12-14-25)40(37,38)27-17-15-26(39-3)16-18-27/h6-18,28H,4-5,19-22H2,1-3H3,(H,32,36)/t28-/m0/s1. The molecule has 0 spiro atoms. The molecule has 1 N–H and O–H groups in total. The van der Waals surface area contributed by atoms with Crippen LogP contribution in [0.2, 0.25) is 5.02 Å². The normalized spacial score (nSPS) is 11.9. The van der Waals surface area contributed by atoms with E-state index in [9.17, 15) is 18.0 Å². The molecule has 8 nitrogen and oxygen atoms in total. The lowest BCUT2D eigenvalue weighted by Crippen LogP contribution is -2.53. The smallest absolute Gasteiger partial charge is 0.264 e. The number of amides is 2. The maximum Gasteiger partial charge on any atom is 0.264 e. The summed E-state index contributed by atoms with van der Waals surface area (Å²) >= 11 is 6.07. The lowest BCUT2D eigenvalue weighted by atomic mass is 10.1. The van der Waals surface area contributed by atoms with Crippen LogP contribution in [0.1, 0.15) is 32.3 Å². The van der Waals surface area contributed by atoms with E-state index < -0.39 is 28.5 Å². The first-order valence-corrected chi connectivity index (χ1v) is 15.1. The predicted molar refractivity (Wildman–Crippen MR) is 158 cm³/mol. The summed E-state index contributed by atoms with van der Waals surface area (Å²) in [5, 5.41) is 3.31. The maximum absolute atomic E-state index is 14.0. The fraction of sp³-hybridized carbons (Fsp3) is 0.333. The molecule has 0 saturated carbocycles. The molecule has 10 heteroatoms. The first-order chi connectivity index (χ1) is 19.2. The molecule has 0 bridgehead atoms. The van der Waals surface area contributed by atoms with Crippen molar-refractivity contribution in [3.8, 4) is 5.75 Å². The van der Waals surface area contributed by atoms with Gasteiger partial charge in [0.05, 0.1) is 17.7 Å². The van der Waals surface area contributed by atoms with E-state index in [0.29, 0.717) is 30.2 Å². The number of benzene rings is 3. The highest BCUT2D eigenvalue weighted by molar-refractivity contribution is 7.92. The molecule has 3 aromatic rings. The summed E-state index contributed by atoms with van der Waals surface area (Å²) in [5.41, 5.74) is 1.28. The molecule has 0 aliphatic rings. The van der Waals surface area contributed by atoms with E-state index in [2.05, 4.69) is 5.32 Å². The van der Waals surface area contributed by atoms with Crippen molar-refractivity contribution in [3.63, 3.8) is 0 Å². The van der Waals surface area contributed by atoms with Crippen LogP contribution in [-0.4, -0.2) is 57.9 Å². The lowest BCUT2D eigenvalue weighted by Gasteiger charge is -2.33. The monoisotopic (exact) mass is 585 g/mol. The van der Waals surface area contributed by atoms with Gasteiger partial charge in [0, 0.05) is 18.1 Å². The van der Waals surface area contributed by atoms with Crippen LogP contribution in [0, 0.1) is 0 Å². The number of nitrogens with zero attached hydrogens (tertiary/aromatic N) is 2. The highest BCUT2D eigenvalue weighted by atomic mass is 35.5. The Hall–Kier alpha value is -3.56. The summed E-state index contributed by atoms with van der Waals surface area (Å²) in [7, 11) is -2.67. The summed E-state index contributed by atoms with van der Waals surface area (Å²) < 4.78 is 34.0. The summed E-state index contributed by atoms with van der Waals surface area (Å²) in [6.45, 7) is 4.02. The molecule has 3 rings (SSSR count). The average Bonchev–Trinajstić information content (AvgIpc) is 2.97. The first kappa shape index (κ1) is 31.0. The van der Waals surface area contributed by atoms with E-state index in [1.807, 2.05) is 44.2 Å². The number of anilines is 1. The average molecular weight is 586 g/mol. The number of hydrogen-bond donors (Lipinski definition) is 1. The van der Waals surface area contributed by atoms with Gasteiger partial charge in [-0.25, -0.2) is 8.42 Å². The molecule has 214 valence electrons. The minimum absolute atomic E-state index is 0.000356. The van der Waals surface area contributed by atoms with Gasteiger partial charge in [0.1, 0.15) is 18.3 Å². The van der Waals surface area contributed by atoms with Crippen molar-refractivity contribution in [2.45, 2.75) is 44.0 Å². The number of carbonyl (C=O) groups is 2. The molecule has 0 heterocycles. The second-order valence-corrected chi connectivity index (χ2v) is 11.5. The van der Waals surface area contributed by atoms with Gasteiger partial charge in [-0.1, -0.05) is 55.8 Å². The van der Waals surface area contributed by atoms with Gasteiger partial charge in [-0.3, -0.25) is 13.9 Å². The molecule has 0 fully saturated rings. The van der Waals surface area contributed by atoms with Crippen molar-refractivity contribution in [3.05, 3.63) is 89.4 Å². The van der Waals surface area contributed by atoms with E-state index in [-0.39, 0.29) is 23.0 Å². The number of carbonyl (C=O) groups excluding carboxylic acids is 2. The minimum atomic E-state index is -4.17. The molecule has 0 saturated heterocycles. The predicted octanol–water partition coefficient (Wildman–Crippen LogP) is 4.92. The van der Waals surface area contributed by atoms with Crippen LogP contribution in [0.15, 0.2) is 83.8 Å². The van der Waals surface area contributed by atoms with Crippen LogP contribution in [0.3, 0.4) is 0 Å². The third-order valence-electron chi connectivity index (χ3n) is 6.46. The Balaban J connectivity index is 1.99. The van der Waals surface area contributed by atoms with E-state index >= 15 is 0 Å². The Bertz CT molecular complexity index is 1350. The summed E-state index contributed by atoms with van der Waals surface area (Å²) in [4.78, 5) is 28.6. The quantitative estimate of drug-likeness (QED) is 0.290. The molecule has 40 heavy (non-hydrogen) atoms. The van der Waals surface area contributed by atoms with Crippen molar-refractivity contribution in [2.24, 2.45) is 0 Å². The molecule has 0 unspecified atom stereocenters. The van der Waals surface area contributed by atoms with Crippen molar-refractivity contribution < 1.29 is 22.7 Å². The summed E-state index contributed by atoms with van der Waals surface area (Å²) in [6, 6.07) is 21.1. The lowest BCUT2D eigenvalue weighted by molar-refractivity contribution is -0.139. The van der Waals surface area contributed by atoms with Crippen molar-refractivity contribution in [1.29, 1.82) is 0 Å². The van der Waals surface area contributed by atoms with Gasteiger partial charge in [-0.05, 0) is 73.4 Å². The fourth-order valence-electron chi connectivity index (χ4n) is 4.27.